The zero-order valence-electron chi connectivity index (χ0n) is 10.1. The molecule has 1 aliphatic carbocycles. The van der Waals surface area contributed by atoms with E-state index in [2.05, 4.69) is 22.8 Å². The largest absolute Gasteiger partial charge is 0.481 e. The molecule has 96 valence electrons. The lowest BCUT2D eigenvalue weighted by atomic mass is 10.0. The van der Waals surface area contributed by atoms with Gasteiger partial charge >= 0.3 is 12.0 Å². The minimum Gasteiger partial charge on any atom is -0.481 e. The highest BCUT2D eigenvalue weighted by Crippen LogP contribution is 2.10. The summed E-state index contributed by atoms with van der Waals surface area (Å²) in [6, 6.07) is -0.396. The van der Waals surface area contributed by atoms with Gasteiger partial charge in [-0.15, -0.1) is 0 Å². The van der Waals surface area contributed by atoms with E-state index in [4.69, 9.17) is 5.11 Å². The summed E-state index contributed by atoms with van der Waals surface area (Å²) < 4.78 is 0. The van der Waals surface area contributed by atoms with E-state index in [1.54, 1.807) is 0 Å². The minimum atomic E-state index is -0.891. The van der Waals surface area contributed by atoms with E-state index in [-0.39, 0.29) is 24.5 Å². The quantitative estimate of drug-likeness (QED) is 0.639. The second-order valence-electron chi connectivity index (χ2n) is 4.30. The lowest BCUT2D eigenvalue weighted by Gasteiger charge is -2.22. The van der Waals surface area contributed by atoms with Crippen LogP contribution in [0.15, 0.2) is 12.2 Å². The van der Waals surface area contributed by atoms with E-state index in [0.717, 1.165) is 19.3 Å². The molecule has 0 saturated carbocycles. The number of carboxylic acid groups (broad SMARTS) is 1. The van der Waals surface area contributed by atoms with Crippen molar-refractivity contribution in [1.29, 1.82) is 0 Å². The van der Waals surface area contributed by atoms with Crippen LogP contribution >= 0.6 is 0 Å². The van der Waals surface area contributed by atoms with Gasteiger partial charge < -0.3 is 15.7 Å². The zero-order valence-corrected chi connectivity index (χ0v) is 10.1. The summed E-state index contributed by atoms with van der Waals surface area (Å²) in [5.74, 6) is -0.891. The minimum absolute atomic E-state index is 0.0332. The topological polar surface area (TPSA) is 78.4 Å². The number of carbonyl (C=O) groups excluding carboxylic acids is 1. The smallest absolute Gasteiger partial charge is 0.315 e. The van der Waals surface area contributed by atoms with Crippen molar-refractivity contribution in [1.82, 2.24) is 10.6 Å². The average molecular weight is 240 g/mol. The Kier molecular flexibility index (Phi) is 5.52. The SMILES string of the molecule is CCC(CC(=O)O)NC(=O)NC1CC=CCC1. The molecular weight excluding hydrogens is 220 g/mol. The Hall–Kier alpha value is -1.52. The van der Waals surface area contributed by atoms with Crippen LogP contribution in [0, 0.1) is 0 Å². The first-order valence-corrected chi connectivity index (χ1v) is 6.05. The molecule has 0 bridgehead atoms. The molecule has 0 aromatic rings. The molecule has 0 aliphatic heterocycles. The molecule has 0 aromatic heterocycles. The summed E-state index contributed by atoms with van der Waals surface area (Å²) in [5, 5.41) is 14.2. The molecule has 1 rings (SSSR count). The van der Waals surface area contributed by atoms with Crippen LogP contribution in [0.25, 0.3) is 0 Å². The number of urea groups is 1. The molecule has 0 saturated heterocycles. The van der Waals surface area contributed by atoms with Crippen LogP contribution in [0.4, 0.5) is 4.79 Å². The summed E-state index contributed by atoms with van der Waals surface area (Å²) in [6.07, 6.45) is 7.53. The third kappa shape index (κ3) is 5.38. The maximum atomic E-state index is 11.6. The van der Waals surface area contributed by atoms with Crippen LogP contribution in [0.5, 0.6) is 0 Å². The van der Waals surface area contributed by atoms with Crippen molar-refractivity contribution in [3.63, 3.8) is 0 Å². The Labute approximate surface area is 101 Å². The molecule has 0 spiro atoms. The fourth-order valence-corrected chi connectivity index (χ4v) is 1.85. The number of rotatable bonds is 5. The third-order valence-electron chi connectivity index (χ3n) is 2.85. The van der Waals surface area contributed by atoms with Crippen LogP contribution < -0.4 is 10.6 Å². The molecule has 2 unspecified atom stereocenters. The average Bonchev–Trinajstić information content (AvgIpc) is 2.28. The number of hydrogen-bond donors (Lipinski definition) is 3. The number of allylic oxidation sites excluding steroid dienone is 1. The van der Waals surface area contributed by atoms with Crippen LogP contribution in [-0.2, 0) is 4.79 Å². The molecule has 1 aliphatic rings. The Bertz CT molecular complexity index is 302. The van der Waals surface area contributed by atoms with E-state index >= 15 is 0 Å². The summed E-state index contributed by atoms with van der Waals surface area (Å²) in [4.78, 5) is 22.2. The highest BCUT2D eigenvalue weighted by molar-refractivity contribution is 5.76. The van der Waals surface area contributed by atoms with Crippen LogP contribution in [-0.4, -0.2) is 29.2 Å². The first-order chi connectivity index (χ1) is 8.11. The van der Waals surface area contributed by atoms with E-state index in [1.165, 1.54) is 0 Å². The second-order valence-corrected chi connectivity index (χ2v) is 4.30. The van der Waals surface area contributed by atoms with E-state index in [0.29, 0.717) is 6.42 Å². The van der Waals surface area contributed by atoms with Gasteiger partial charge in [0.25, 0.3) is 0 Å². The van der Waals surface area contributed by atoms with Crippen molar-refractivity contribution in [2.45, 2.75) is 51.1 Å². The van der Waals surface area contributed by atoms with Crippen molar-refractivity contribution in [2.75, 3.05) is 0 Å². The van der Waals surface area contributed by atoms with Crippen molar-refractivity contribution < 1.29 is 14.7 Å². The zero-order chi connectivity index (χ0) is 12.7. The van der Waals surface area contributed by atoms with Gasteiger partial charge in [-0.3, -0.25) is 4.79 Å². The molecular formula is C12H20N2O3. The lowest BCUT2D eigenvalue weighted by Crippen LogP contribution is -2.46. The molecule has 5 heteroatoms. The maximum absolute atomic E-state index is 11.6. The molecule has 0 heterocycles. The van der Waals surface area contributed by atoms with Crippen LogP contribution in [0.2, 0.25) is 0 Å². The molecule has 0 aromatic carbocycles. The molecule has 2 amide bonds. The number of carbonyl (C=O) groups is 2. The summed E-state index contributed by atoms with van der Waals surface area (Å²) >= 11 is 0. The lowest BCUT2D eigenvalue weighted by molar-refractivity contribution is -0.137. The third-order valence-corrected chi connectivity index (χ3v) is 2.85. The summed E-state index contributed by atoms with van der Waals surface area (Å²) in [6.45, 7) is 1.86. The molecule has 0 fully saturated rings. The normalized spacial score (nSPS) is 20.6. The van der Waals surface area contributed by atoms with Gasteiger partial charge in [-0.05, 0) is 25.7 Å². The van der Waals surface area contributed by atoms with E-state index in [1.807, 2.05) is 6.92 Å². The number of hydrogen-bond acceptors (Lipinski definition) is 2. The number of carboxylic acids is 1. The van der Waals surface area contributed by atoms with Gasteiger partial charge in [0.1, 0.15) is 0 Å². The van der Waals surface area contributed by atoms with Crippen molar-refractivity contribution in [2.24, 2.45) is 0 Å². The highest BCUT2D eigenvalue weighted by Gasteiger charge is 2.17. The molecule has 3 N–H and O–H groups in total. The fourth-order valence-electron chi connectivity index (χ4n) is 1.85. The summed E-state index contributed by atoms with van der Waals surface area (Å²) in [7, 11) is 0. The summed E-state index contributed by atoms with van der Waals surface area (Å²) in [5.41, 5.74) is 0. The van der Waals surface area contributed by atoms with Gasteiger partial charge in [-0.1, -0.05) is 19.1 Å². The van der Waals surface area contributed by atoms with Crippen LogP contribution in [0.3, 0.4) is 0 Å². The van der Waals surface area contributed by atoms with Gasteiger partial charge in [0.2, 0.25) is 0 Å². The fraction of sp³-hybridized carbons (Fsp3) is 0.667. The Morgan fingerprint density at radius 2 is 2.24 bits per heavy atom. The Morgan fingerprint density at radius 1 is 1.47 bits per heavy atom. The first kappa shape index (κ1) is 13.5. The van der Waals surface area contributed by atoms with Crippen molar-refractivity contribution in [3.8, 4) is 0 Å². The molecule has 17 heavy (non-hydrogen) atoms. The standard InChI is InChI=1S/C12H20N2O3/c1-2-9(8-11(15)16)13-12(17)14-10-6-4-3-5-7-10/h3-4,9-10H,2,5-8H2,1H3,(H,15,16)(H2,13,14,17). The van der Waals surface area contributed by atoms with Crippen molar-refractivity contribution in [3.05, 3.63) is 12.2 Å². The number of amides is 2. The van der Waals surface area contributed by atoms with Gasteiger partial charge in [-0.2, -0.15) is 0 Å². The van der Waals surface area contributed by atoms with E-state index in [9.17, 15) is 9.59 Å². The molecule has 2 atom stereocenters. The monoisotopic (exact) mass is 240 g/mol. The van der Waals surface area contributed by atoms with Crippen LogP contribution in [0.1, 0.15) is 39.0 Å². The Balaban J connectivity index is 2.31. The van der Waals surface area contributed by atoms with Gasteiger partial charge in [0.05, 0.1) is 6.42 Å². The van der Waals surface area contributed by atoms with Gasteiger partial charge in [0.15, 0.2) is 0 Å². The predicted molar refractivity (Wildman–Crippen MR) is 64.8 cm³/mol. The number of aliphatic carboxylic acids is 1. The predicted octanol–water partition coefficient (Wildman–Crippen LogP) is 1.65. The number of nitrogens with one attached hydrogen (secondary N) is 2. The molecule has 5 nitrogen and oxygen atoms in total. The first-order valence-electron chi connectivity index (χ1n) is 6.05. The Morgan fingerprint density at radius 3 is 2.76 bits per heavy atom. The highest BCUT2D eigenvalue weighted by atomic mass is 16.4. The second kappa shape index (κ2) is 6.93. The van der Waals surface area contributed by atoms with Crippen molar-refractivity contribution >= 4 is 12.0 Å². The van der Waals surface area contributed by atoms with Gasteiger partial charge in [0, 0.05) is 12.1 Å². The van der Waals surface area contributed by atoms with E-state index < -0.39 is 5.97 Å². The van der Waals surface area contributed by atoms with Gasteiger partial charge in [-0.25, -0.2) is 4.79 Å². The maximum Gasteiger partial charge on any atom is 0.315 e. The molecule has 0 radical (unpaired) electrons.